The predicted octanol–water partition coefficient (Wildman–Crippen LogP) is 2.53. The minimum absolute atomic E-state index is 0.359. The summed E-state index contributed by atoms with van der Waals surface area (Å²) in [5, 5.41) is 3.80. The van der Waals surface area contributed by atoms with Crippen LogP contribution in [0, 0.1) is 11.6 Å². The monoisotopic (exact) mass is 269 g/mol. The lowest BCUT2D eigenvalue weighted by atomic mass is 10.1. The second-order valence-corrected chi connectivity index (χ2v) is 4.86. The highest BCUT2D eigenvalue weighted by molar-refractivity contribution is 7.15. The Morgan fingerprint density at radius 2 is 2.17 bits per heavy atom. The number of benzene rings is 1. The highest BCUT2D eigenvalue weighted by Gasteiger charge is 2.04. The van der Waals surface area contributed by atoms with Crippen molar-refractivity contribution in [2.45, 2.75) is 13.0 Å². The van der Waals surface area contributed by atoms with Gasteiger partial charge in [0.15, 0.2) is 5.13 Å². The van der Waals surface area contributed by atoms with Crippen LogP contribution in [-0.4, -0.2) is 11.5 Å². The highest BCUT2D eigenvalue weighted by Crippen LogP contribution is 2.17. The summed E-state index contributed by atoms with van der Waals surface area (Å²) in [5.74, 6) is -0.814. The minimum atomic E-state index is -0.425. The molecule has 96 valence electrons. The molecule has 0 bridgehead atoms. The molecule has 18 heavy (non-hydrogen) atoms. The van der Waals surface area contributed by atoms with Gasteiger partial charge in [0.2, 0.25) is 0 Å². The maximum Gasteiger partial charge on any atom is 0.182 e. The predicted molar refractivity (Wildman–Crippen MR) is 68.6 cm³/mol. The molecule has 6 heteroatoms. The largest absolute Gasteiger partial charge is 0.361 e. The molecule has 1 heterocycles. The number of aromatic nitrogens is 1. The van der Waals surface area contributed by atoms with Crippen molar-refractivity contribution in [1.29, 1.82) is 0 Å². The molecule has 0 amide bonds. The van der Waals surface area contributed by atoms with Crippen LogP contribution in [0.25, 0.3) is 0 Å². The van der Waals surface area contributed by atoms with Crippen LogP contribution in [0.4, 0.5) is 13.9 Å². The van der Waals surface area contributed by atoms with Crippen molar-refractivity contribution in [2.75, 3.05) is 11.9 Å². The first-order chi connectivity index (χ1) is 8.69. The van der Waals surface area contributed by atoms with E-state index in [9.17, 15) is 8.78 Å². The Morgan fingerprint density at radius 1 is 1.33 bits per heavy atom. The molecule has 0 fully saturated rings. The molecule has 0 saturated heterocycles. The third-order valence-electron chi connectivity index (χ3n) is 2.43. The Kier molecular flexibility index (Phi) is 4.22. The zero-order chi connectivity index (χ0) is 13.0. The van der Waals surface area contributed by atoms with Gasteiger partial charge < -0.3 is 11.1 Å². The average Bonchev–Trinajstić information content (AvgIpc) is 2.81. The topological polar surface area (TPSA) is 50.9 Å². The first-order valence-corrected chi connectivity index (χ1v) is 6.33. The SMILES string of the molecule is NCc1cnc(NCCc2cc(F)ccc2F)s1. The number of hydrogen-bond donors (Lipinski definition) is 2. The smallest absolute Gasteiger partial charge is 0.182 e. The van der Waals surface area contributed by atoms with E-state index in [1.54, 1.807) is 6.20 Å². The van der Waals surface area contributed by atoms with Gasteiger partial charge in [-0.05, 0) is 30.2 Å². The van der Waals surface area contributed by atoms with E-state index >= 15 is 0 Å². The average molecular weight is 269 g/mol. The third-order valence-corrected chi connectivity index (χ3v) is 3.41. The van der Waals surface area contributed by atoms with E-state index in [1.165, 1.54) is 17.4 Å². The van der Waals surface area contributed by atoms with Crippen molar-refractivity contribution >= 4 is 16.5 Å². The van der Waals surface area contributed by atoms with E-state index in [0.717, 1.165) is 22.1 Å². The molecular weight excluding hydrogens is 256 g/mol. The fraction of sp³-hybridized carbons (Fsp3) is 0.250. The molecule has 1 aromatic carbocycles. The van der Waals surface area contributed by atoms with E-state index < -0.39 is 5.82 Å². The van der Waals surface area contributed by atoms with Crippen LogP contribution in [0.2, 0.25) is 0 Å². The van der Waals surface area contributed by atoms with Gasteiger partial charge in [-0.3, -0.25) is 0 Å². The van der Waals surface area contributed by atoms with Crippen LogP contribution in [0.15, 0.2) is 24.4 Å². The minimum Gasteiger partial charge on any atom is -0.361 e. The summed E-state index contributed by atoms with van der Waals surface area (Å²) >= 11 is 1.46. The van der Waals surface area contributed by atoms with Crippen LogP contribution >= 0.6 is 11.3 Å². The summed E-state index contributed by atoms with van der Waals surface area (Å²) in [6, 6.07) is 3.46. The van der Waals surface area contributed by atoms with Gasteiger partial charge >= 0.3 is 0 Å². The van der Waals surface area contributed by atoms with Gasteiger partial charge in [0, 0.05) is 24.2 Å². The fourth-order valence-electron chi connectivity index (χ4n) is 1.52. The number of hydrogen-bond acceptors (Lipinski definition) is 4. The highest BCUT2D eigenvalue weighted by atomic mass is 32.1. The van der Waals surface area contributed by atoms with Gasteiger partial charge in [0.05, 0.1) is 0 Å². The maximum atomic E-state index is 13.3. The van der Waals surface area contributed by atoms with Crippen molar-refractivity contribution in [3.63, 3.8) is 0 Å². The van der Waals surface area contributed by atoms with Gasteiger partial charge in [-0.1, -0.05) is 0 Å². The number of rotatable bonds is 5. The summed E-state index contributed by atoms with van der Waals surface area (Å²) in [6.07, 6.45) is 2.11. The van der Waals surface area contributed by atoms with E-state index in [4.69, 9.17) is 5.73 Å². The molecule has 2 aromatic rings. The van der Waals surface area contributed by atoms with Crippen molar-refractivity contribution in [2.24, 2.45) is 5.73 Å². The maximum absolute atomic E-state index is 13.3. The fourth-order valence-corrected chi connectivity index (χ4v) is 2.24. The van der Waals surface area contributed by atoms with Crippen molar-refractivity contribution in [1.82, 2.24) is 4.98 Å². The standard InChI is InChI=1S/C12H13F2N3S/c13-9-1-2-11(14)8(5-9)3-4-16-12-17-7-10(6-15)18-12/h1-2,5,7H,3-4,6,15H2,(H,16,17). The molecule has 0 radical (unpaired) electrons. The summed E-state index contributed by atoms with van der Waals surface area (Å²) in [7, 11) is 0. The lowest BCUT2D eigenvalue weighted by Gasteiger charge is -2.04. The number of anilines is 1. The molecule has 0 unspecified atom stereocenters. The van der Waals surface area contributed by atoms with Gasteiger partial charge in [0.1, 0.15) is 11.6 Å². The first kappa shape index (κ1) is 12.9. The lowest BCUT2D eigenvalue weighted by molar-refractivity contribution is 0.586. The van der Waals surface area contributed by atoms with Crippen molar-refractivity contribution in [3.05, 3.63) is 46.5 Å². The Hall–Kier alpha value is -1.53. The summed E-state index contributed by atoms with van der Waals surface area (Å²) in [5.41, 5.74) is 5.83. The normalized spacial score (nSPS) is 10.6. The number of nitrogens with zero attached hydrogens (tertiary/aromatic N) is 1. The van der Waals surface area contributed by atoms with Crippen LogP contribution in [0.1, 0.15) is 10.4 Å². The first-order valence-electron chi connectivity index (χ1n) is 5.51. The summed E-state index contributed by atoms with van der Waals surface area (Å²) in [6.45, 7) is 0.954. The van der Waals surface area contributed by atoms with Crippen molar-refractivity contribution in [3.8, 4) is 0 Å². The van der Waals surface area contributed by atoms with Crippen LogP contribution in [0.3, 0.4) is 0 Å². The quantitative estimate of drug-likeness (QED) is 0.877. The molecule has 0 aliphatic carbocycles. The Labute approximate surface area is 108 Å². The van der Waals surface area contributed by atoms with E-state index in [1.807, 2.05) is 0 Å². The van der Waals surface area contributed by atoms with Crippen LogP contribution in [-0.2, 0) is 13.0 Å². The number of nitrogens with one attached hydrogen (secondary N) is 1. The van der Waals surface area contributed by atoms with Gasteiger partial charge in [-0.25, -0.2) is 13.8 Å². The zero-order valence-electron chi connectivity index (χ0n) is 9.62. The van der Waals surface area contributed by atoms with Crippen LogP contribution in [0.5, 0.6) is 0 Å². The molecular formula is C12H13F2N3S. The molecule has 2 rings (SSSR count). The van der Waals surface area contributed by atoms with Gasteiger partial charge in [0.25, 0.3) is 0 Å². The molecule has 3 N–H and O–H groups in total. The zero-order valence-corrected chi connectivity index (χ0v) is 10.4. The molecule has 0 aliphatic heterocycles. The van der Waals surface area contributed by atoms with Gasteiger partial charge in [-0.15, -0.1) is 11.3 Å². The van der Waals surface area contributed by atoms with E-state index in [2.05, 4.69) is 10.3 Å². The number of halogens is 2. The van der Waals surface area contributed by atoms with Gasteiger partial charge in [-0.2, -0.15) is 0 Å². The third kappa shape index (κ3) is 3.24. The van der Waals surface area contributed by atoms with E-state index in [0.29, 0.717) is 25.1 Å². The Bertz CT molecular complexity index is 528. The summed E-state index contributed by atoms with van der Waals surface area (Å²) in [4.78, 5) is 5.10. The Morgan fingerprint density at radius 3 is 2.89 bits per heavy atom. The van der Waals surface area contributed by atoms with Crippen molar-refractivity contribution < 1.29 is 8.78 Å². The molecule has 0 aliphatic rings. The second kappa shape index (κ2) is 5.88. The molecule has 0 spiro atoms. The van der Waals surface area contributed by atoms with Crippen LogP contribution < -0.4 is 11.1 Å². The molecule has 3 nitrogen and oxygen atoms in total. The Balaban J connectivity index is 1.90. The summed E-state index contributed by atoms with van der Waals surface area (Å²) < 4.78 is 26.3. The lowest BCUT2D eigenvalue weighted by Crippen LogP contribution is -2.06. The second-order valence-electron chi connectivity index (χ2n) is 3.75. The molecule has 0 saturated carbocycles. The number of nitrogens with two attached hydrogens (primary N) is 1. The molecule has 0 atom stereocenters. The molecule has 1 aromatic heterocycles. The van der Waals surface area contributed by atoms with E-state index in [-0.39, 0.29) is 5.82 Å². The number of thiazole rings is 1.